The summed E-state index contributed by atoms with van der Waals surface area (Å²) in [5.41, 5.74) is 2.23. The quantitative estimate of drug-likeness (QED) is 0.750. The lowest BCUT2D eigenvalue weighted by Crippen LogP contribution is -2.37. The van der Waals surface area contributed by atoms with Crippen molar-refractivity contribution in [3.63, 3.8) is 0 Å². The maximum atomic E-state index is 12.0. The number of carbonyl (C=O) groups excluding carboxylic acids is 1. The Bertz CT molecular complexity index is 457. The number of hydrogen-bond acceptors (Lipinski definition) is 3. The van der Waals surface area contributed by atoms with Gasteiger partial charge in [-0.3, -0.25) is 4.79 Å². The molecule has 0 bridgehead atoms. The predicted octanol–water partition coefficient (Wildman–Crippen LogP) is 3.00. The largest absolute Gasteiger partial charge is 0.481 e. The summed E-state index contributed by atoms with van der Waals surface area (Å²) in [4.78, 5) is 12.0. The van der Waals surface area contributed by atoms with E-state index in [2.05, 4.69) is 5.32 Å². The number of carbonyl (C=O) groups is 1. The Balaban J connectivity index is 2.36. The van der Waals surface area contributed by atoms with Crippen LogP contribution >= 0.6 is 0 Å². The zero-order chi connectivity index (χ0) is 15.8. The molecule has 0 fully saturated rings. The standard InChI is InChI=1S/C17H27NO3/c1-12(2)20-11-7-10-18-17(19)15(5)21-16-9-6-8-13(3)14(16)4/h6,8-9,12,15H,7,10-11H2,1-5H3,(H,18,19)/t15-/m1/s1. The van der Waals surface area contributed by atoms with E-state index < -0.39 is 6.10 Å². The van der Waals surface area contributed by atoms with Crippen LogP contribution in [0.25, 0.3) is 0 Å². The van der Waals surface area contributed by atoms with Crippen molar-refractivity contribution in [2.24, 2.45) is 0 Å². The Kier molecular flexibility index (Phi) is 7.23. The third-order valence-electron chi connectivity index (χ3n) is 3.30. The smallest absolute Gasteiger partial charge is 0.260 e. The third kappa shape index (κ3) is 6.17. The molecule has 0 aliphatic heterocycles. The van der Waals surface area contributed by atoms with Crippen LogP contribution in [0.3, 0.4) is 0 Å². The Morgan fingerprint density at radius 3 is 2.62 bits per heavy atom. The van der Waals surface area contributed by atoms with Crippen LogP contribution in [0, 0.1) is 13.8 Å². The Morgan fingerprint density at radius 2 is 1.95 bits per heavy atom. The van der Waals surface area contributed by atoms with Gasteiger partial charge in [0, 0.05) is 13.2 Å². The maximum Gasteiger partial charge on any atom is 0.260 e. The number of ether oxygens (including phenoxy) is 2. The van der Waals surface area contributed by atoms with Gasteiger partial charge in [-0.15, -0.1) is 0 Å². The number of hydrogen-bond donors (Lipinski definition) is 1. The van der Waals surface area contributed by atoms with Gasteiger partial charge in [0.15, 0.2) is 6.10 Å². The molecule has 21 heavy (non-hydrogen) atoms. The molecule has 0 aliphatic carbocycles. The molecule has 1 rings (SSSR count). The van der Waals surface area contributed by atoms with Crippen molar-refractivity contribution in [2.75, 3.05) is 13.2 Å². The summed E-state index contributed by atoms with van der Waals surface area (Å²) in [6.07, 6.45) is 0.531. The molecule has 4 heteroatoms. The van der Waals surface area contributed by atoms with Crippen LogP contribution in [0.4, 0.5) is 0 Å². The van der Waals surface area contributed by atoms with Crippen LogP contribution in [0.5, 0.6) is 5.75 Å². The van der Waals surface area contributed by atoms with E-state index in [1.165, 1.54) is 0 Å². The minimum absolute atomic E-state index is 0.0968. The molecule has 0 spiro atoms. The normalized spacial score (nSPS) is 12.3. The molecule has 118 valence electrons. The van der Waals surface area contributed by atoms with Crippen LogP contribution in [-0.4, -0.2) is 31.3 Å². The number of rotatable bonds is 8. The average Bonchev–Trinajstić information content (AvgIpc) is 2.42. The van der Waals surface area contributed by atoms with Crippen LogP contribution in [-0.2, 0) is 9.53 Å². The minimum atomic E-state index is -0.503. The van der Waals surface area contributed by atoms with E-state index in [1.54, 1.807) is 6.92 Å². The number of benzene rings is 1. The van der Waals surface area contributed by atoms with Gasteiger partial charge in [-0.25, -0.2) is 0 Å². The van der Waals surface area contributed by atoms with Crippen LogP contribution in [0.1, 0.15) is 38.3 Å². The molecule has 0 radical (unpaired) electrons. The lowest BCUT2D eigenvalue weighted by atomic mass is 10.1. The fourth-order valence-corrected chi connectivity index (χ4v) is 1.84. The van der Waals surface area contributed by atoms with Crippen molar-refractivity contribution in [3.8, 4) is 5.75 Å². The highest BCUT2D eigenvalue weighted by Crippen LogP contribution is 2.21. The van der Waals surface area contributed by atoms with Crippen LogP contribution in [0.15, 0.2) is 18.2 Å². The molecule has 0 heterocycles. The van der Waals surface area contributed by atoms with E-state index in [4.69, 9.17) is 9.47 Å². The Hall–Kier alpha value is -1.55. The first kappa shape index (κ1) is 17.5. The van der Waals surface area contributed by atoms with Crippen molar-refractivity contribution in [1.29, 1.82) is 0 Å². The summed E-state index contributed by atoms with van der Waals surface area (Å²) in [6.45, 7) is 11.1. The van der Waals surface area contributed by atoms with E-state index in [0.29, 0.717) is 13.2 Å². The van der Waals surface area contributed by atoms with Crippen molar-refractivity contribution < 1.29 is 14.3 Å². The van der Waals surface area contributed by atoms with Gasteiger partial charge in [-0.05, 0) is 58.2 Å². The first-order chi connectivity index (χ1) is 9.91. The highest BCUT2D eigenvalue weighted by atomic mass is 16.5. The second-order valence-electron chi connectivity index (χ2n) is 5.52. The highest BCUT2D eigenvalue weighted by Gasteiger charge is 2.15. The molecular formula is C17H27NO3. The van der Waals surface area contributed by atoms with E-state index in [0.717, 1.165) is 23.3 Å². The molecule has 4 nitrogen and oxygen atoms in total. The molecule has 0 aromatic heterocycles. The van der Waals surface area contributed by atoms with Crippen molar-refractivity contribution in [1.82, 2.24) is 5.32 Å². The van der Waals surface area contributed by atoms with Crippen molar-refractivity contribution in [3.05, 3.63) is 29.3 Å². The van der Waals surface area contributed by atoms with Gasteiger partial charge in [0.05, 0.1) is 6.10 Å². The van der Waals surface area contributed by atoms with Gasteiger partial charge in [-0.1, -0.05) is 12.1 Å². The zero-order valence-corrected chi connectivity index (χ0v) is 13.7. The van der Waals surface area contributed by atoms with E-state index in [1.807, 2.05) is 45.9 Å². The monoisotopic (exact) mass is 293 g/mol. The number of amides is 1. The molecule has 1 aromatic carbocycles. The average molecular weight is 293 g/mol. The third-order valence-corrected chi connectivity index (χ3v) is 3.30. The minimum Gasteiger partial charge on any atom is -0.481 e. The van der Waals surface area contributed by atoms with E-state index >= 15 is 0 Å². The molecule has 0 aliphatic rings. The summed E-state index contributed by atoms with van der Waals surface area (Å²) in [7, 11) is 0. The number of aryl methyl sites for hydroxylation is 1. The van der Waals surface area contributed by atoms with Gasteiger partial charge < -0.3 is 14.8 Å². The molecule has 1 N–H and O–H groups in total. The SMILES string of the molecule is Cc1cccc(O[C@H](C)C(=O)NCCCOC(C)C)c1C. The van der Waals surface area contributed by atoms with Crippen molar-refractivity contribution in [2.45, 2.75) is 53.2 Å². The summed E-state index contributed by atoms with van der Waals surface area (Å²) in [6, 6.07) is 5.86. The van der Waals surface area contributed by atoms with Gasteiger partial charge in [0.1, 0.15) is 5.75 Å². The van der Waals surface area contributed by atoms with Crippen LogP contribution < -0.4 is 10.1 Å². The first-order valence-electron chi connectivity index (χ1n) is 7.54. The summed E-state index contributed by atoms with van der Waals surface area (Å²) < 4.78 is 11.2. The van der Waals surface area contributed by atoms with Gasteiger partial charge in [0.25, 0.3) is 5.91 Å². The molecule has 0 unspecified atom stereocenters. The Labute approximate surface area is 127 Å². The molecule has 0 saturated heterocycles. The summed E-state index contributed by atoms with van der Waals surface area (Å²) in [5.74, 6) is 0.668. The molecule has 1 amide bonds. The molecule has 1 aromatic rings. The fraction of sp³-hybridized carbons (Fsp3) is 0.588. The molecule has 1 atom stereocenters. The first-order valence-corrected chi connectivity index (χ1v) is 7.54. The van der Waals surface area contributed by atoms with Crippen LogP contribution in [0.2, 0.25) is 0 Å². The summed E-state index contributed by atoms with van der Waals surface area (Å²) in [5, 5.41) is 2.87. The fourth-order valence-electron chi connectivity index (χ4n) is 1.84. The highest BCUT2D eigenvalue weighted by molar-refractivity contribution is 5.80. The lowest BCUT2D eigenvalue weighted by molar-refractivity contribution is -0.127. The van der Waals surface area contributed by atoms with E-state index in [-0.39, 0.29) is 12.0 Å². The maximum absolute atomic E-state index is 12.0. The Morgan fingerprint density at radius 1 is 1.24 bits per heavy atom. The van der Waals surface area contributed by atoms with Gasteiger partial charge in [0.2, 0.25) is 0 Å². The topological polar surface area (TPSA) is 47.6 Å². The molecular weight excluding hydrogens is 266 g/mol. The molecule has 0 saturated carbocycles. The lowest BCUT2D eigenvalue weighted by Gasteiger charge is -2.17. The van der Waals surface area contributed by atoms with E-state index in [9.17, 15) is 4.79 Å². The van der Waals surface area contributed by atoms with Gasteiger partial charge >= 0.3 is 0 Å². The predicted molar refractivity (Wildman–Crippen MR) is 84.7 cm³/mol. The van der Waals surface area contributed by atoms with Gasteiger partial charge in [-0.2, -0.15) is 0 Å². The van der Waals surface area contributed by atoms with Crippen molar-refractivity contribution >= 4 is 5.91 Å². The second-order valence-corrected chi connectivity index (χ2v) is 5.52. The zero-order valence-electron chi connectivity index (χ0n) is 13.7. The second kappa shape index (κ2) is 8.67. The summed E-state index contributed by atoms with van der Waals surface area (Å²) >= 11 is 0. The number of nitrogens with one attached hydrogen (secondary N) is 1.